The van der Waals surface area contributed by atoms with Crippen molar-refractivity contribution in [1.29, 1.82) is 0 Å². The first-order valence-electron chi connectivity index (χ1n) is 10.3. The van der Waals surface area contributed by atoms with Crippen molar-refractivity contribution in [3.05, 3.63) is 47.5 Å². The molecule has 1 aliphatic heterocycles. The number of para-hydroxylation sites is 1. The number of fused-ring (bicyclic) bond motifs is 1. The van der Waals surface area contributed by atoms with Crippen LogP contribution in [0, 0.1) is 0 Å². The second-order valence-corrected chi connectivity index (χ2v) is 10.5. The topological polar surface area (TPSA) is 88.6 Å². The zero-order chi connectivity index (χ0) is 21.8. The number of rotatable bonds is 7. The molecule has 1 aromatic heterocycles. The van der Waals surface area contributed by atoms with E-state index in [4.69, 9.17) is 4.74 Å². The van der Waals surface area contributed by atoms with Gasteiger partial charge in [-0.2, -0.15) is 4.31 Å². The maximum absolute atomic E-state index is 13.0. The fourth-order valence-electron chi connectivity index (χ4n) is 3.66. The van der Waals surface area contributed by atoms with Crippen molar-refractivity contribution in [2.24, 2.45) is 0 Å². The van der Waals surface area contributed by atoms with Crippen LogP contribution in [0.5, 0.6) is 5.75 Å². The molecule has 9 heteroatoms. The normalized spacial score (nSPS) is 15.1. The summed E-state index contributed by atoms with van der Waals surface area (Å²) >= 11 is 1.57. The molecule has 0 bridgehead atoms. The lowest BCUT2D eigenvalue weighted by Crippen LogP contribution is -2.35. The Bertz CT molecular complexity index is 1150. The summed E-state index contributed by atoms with van der Waals surface area (Å²) in [5.74, 6) is 0.205. The predicted octanol–water partition coefficient (Wildman–Crippen LogP) is 4.05. The number of piperidine rings is 1. The highest BCUT2D eigenvalue weighted by Gasteiger charge is 2.27. The van der Waals surface area contributed by atoms with Crippen LogP contribution in [0.25, 0.3) is 10.2 Å². The minimum absolute atomic E-state index is 0.164. The Morgan fingerprint density at radius 1 is 1.16 bits per heavy atom. The third kappa shape index (κ3) is 4.89. The van der Waals surface area contributed by atoms with E-state index in [0.717, 1.165) is 34.5 Å². The lowest BCUT2D eigenvalue weighted by Gasteiger charge is -2.26. The first-order valence-corrected chi connectivity index (χ1v) is 12.6. The van der Waals surface area contributed by atoms with Gasteiger partial charge in [0, 0.05) is 25.9 Å². The smallest absolute Gasteiger partial charge is 0.243 e. The number of nitrogens with one attached hydrogen (secondary N) is 1. The summed E-state index contributed by atoms with van der Waals surface area (Å²) in [5.41, 5.74) is 1.29. The van der Waals surface area contributed by atoms with Crippen molar-refractivity contribution in [2.45, 2.75) is 37.0 Å². The summed E-state index contributed by atoms with van der Waals surface area (Å²) in [6, 6.07) is 12.5. The van der Waals surface area contributed by atoms with Crippen molar-refractivity contribution in [2.75, 3.05) is 25.5 Å². The number of hydrogen-bond donors (Lipinski definition) is 1. The molecule has 0 unspecified atom stereocenters. The molecule has 1 N–H and O–H groups in total. The maximum Gasteiger partial charge on any atom is 0.243 e. The van der Waals surface area contributed by atoms with Gasteiger partial charge in [0.1, 0.15) is 5.75 Å². The van der Waals surface area contributed by atoms with Crippen LogP contribution in [0.3, 0.4) is 0 Å². The van der Waals surface area contributed by atoms with Crippen LogP contribution in [0.4, 0.5) is 5.69 Å². The highest BCUT2D eigenvalue weighted by molar-refractivity contribution is 7.89. The first-order chi connectivity index (χ1) is 15.0. The number of benzene rings is 2. The Morgan fingerprint density at radius 2 is 1.94 bits per heavy atom. The number of carbonyl (C=O) groups is 1. The van der Waals surface area contributed by atoms with Crippen LogP contribution >= 0.6 is 11.3 Å². The van der Waals surface area contributed by atoms with Gasteiger partial charge in [0.2, 0.25) is 15.9 Å². The SMILES string of the molecule is COc1ccc(S(=O)(=O)N2CCCCC2)cc1NC(=O)CCc1nc2ccccc2s1. The molecule has 2 aromatic carbocycles. The van der Waals surface area contributed by atoms with Gasteiger partial charge in [0.25, 0.3) is 0 Å². The number of carbonyl (C=O) groups excluding carboxylic acids is 1. The Hall–Kier alpha value is -2.49. The molecule has 31 heavy (non-hydrogen) atoms. The summed E-state index contributed by atoms with van der Waals surface area (Å²) in [6.45, 7) is 1.05. The zero-order valence-corrected chi connectivity index (χ0v) is 19.0. The van der Waals surface area contributed by atoms with Crippen LogP contribution in [0.15, 0.2) is 47.4 Å². The highest BCUT2D eigenvalue weighted by atomic mass is 32.2. The summed E-state index contributed by atoms with van der Waals surface area (Å²) in [6.07, 6.45) is 3.53. The average Bonchev–Trinajstić information content (AvgIpc) is 3.21. The average molecular weight is 460 g/mol. The number of anilines is 1. The molecule has 1 fully saturated rings. The molecule has 0 spiro atoms. The predicted molar refractivity (Wildman–Crippen MR) is 122 cm³/mol. The van der Waals surface area contributed by atoms with E-state index in [0.29, 0.717) is 30.9 Å². The van der Waals surface area contributed by atoms with Crippen molar-refractivity contribution < 1.29 is 17.9 Å². The molecule has 4 rings (SSSR count). The molecule has 3 aromatic rings. The summed E-state index contributed by atoms with van der Waals surface area (Å²) in [5, 5.41) is 3.70. The molecule has 0 saturated carbocycles. The number of amides is 1. The van der Waals surface area contributed by atoms with Gasteiger partial charge in [-0.3, -0.25) is 4.79 Å². The molecule has 0 radical (unpaired) electrons. The van der Waals surface area contributed by atoms with Crippen molar-refractivity contribution >= 4 is 43.2 Å². The summed E-state index contributed by atoms with van der Waals surface area (Å²) in [4.78, 5) is 17.3. The van der Waals surface area contributed by atoms with Gasteiger partial charge in [-0.15, -0.1) is 11.3 Å². The molecule has 1 saturated heterocycles. The van der Waals surface area contributed by atoms with Gasteiger partial charge in [-0.25, -0.2) is 13.4 Å². The molecule has 0 atom stereocenters. The monoisotopic (exact) mass is 459 g/mol. The van der Waals surface area contributed by atoms with Crippen LogP contribution in [-0.2, 0) is 21.2 Å². The van der Waals surface area contributed by atoms with Gasteiger partial charge < -0.3 is 10.1 Å². The molecule has 1 aliphatic rings. The Balaban J connectivity index is 1.47. The van der Waals surface area contributed by atoms with Crippen LogP contribution < -0.4 is 10.1 Å². The number of ether oxygens (including phenoxy) is 1. The largest absolute Gasteiger partial charge is 0.495 e. The molecule has 0 aliphatic carbocycles. The third-order valence-electron chi connectivity index (χ3n) is 5.30. The van der Waals surface area contributed by atoms with Crippen molar-refractivity contribution in [3.8, 4) is 5.75 Å². The van der Waals surface area contributed by atoms with E-state index >= 15 is 0 Å². The van der Waals surface area contributed by atoms with E-state index < -0.39 is 10.0 Å². The van der Waals surface area contributed by atoms with Crippen LogP contribution in [0.1, 0.15) is 30.7 Å². The zero-order valence-electron chi connectivity index (χ0n) is 17.3. The minimum Gasteiger partial charge on any atom is -0.495 e. The minimum atomic E-state index is -3.60. The van der Waals surface area contributed by atoms with E-state index in [9.17, 15) is 13.2 Å². The van der Waals surface area contributed by atoms with Gasteiger partial charge >= 0.3 is 0 Å². The number of methoxy groups -OCH3 is 1. The standard InChI is InChI=1S/C22H25N3O4S2/c1-29-19-10-9-16(31(27,28)25-13-5-2-6-14-25)15-18(19)23-21(26)11-12-22-24-17-7-3-4-8-20(17)30-22/h3-4,7-10,15H,2,5-6,11-14H2,1H3,(H,23,26). The van der Waals surface area contributed by atoms with E-state index in [1.165, 1.54) is 23.5 Å². The number of aromatic nitrogens is 1. The summed E-state index contributed by atoms with van der Waals surface area (Å²) in [7, 11) is -2.11. The van der Waals surface area contributed by atoms with Crippen molar-refractivity contribution in [3.63, 3.8) is 0 Å². The number of thiazole rings is 1. The Morgan fingerprint density at radius 3 is 2.68 bits per heavy atom. The Labute approximate surface area is 186 Å². The van der Waals surface area contributed by atoms with Crippen molar-refractivity contribution in [1.82, 2.24) is 9.29 Å². The highest BCUT2D eigenvalue weighted by Crippen LogP contribution is 2.30. The van der Waals surface area contributed by atoms with Gasteiger partial charge in [0.15, 0.2) is 0 Å². The molecular weight excluding hydrogens is 434 g/mol. The molecule has 1 amide bonds. The lowest BCUT2D eigenvalue weighted by molar-refractivity contribution is -0.116. The van der Waals surface area contributed by atoms with Crippen LogP contribution in [-0.4, -0.2) is 43.8 Å². The third-order valence-corrected chi connectivity index (χ3v) is 8.29. The molecular formula is C22H25N3O4S2. The summed E-state index contributed by atoms with van der Waals surface area (Å²) < 4.78 is 33.9. The van der Waals surface area contributed by atoms with Gasteiger partial charge in [0.05, 0.1) is 32.9 Å². The van der Waals surface area contributed by atoms with E-state index in [1.54, 1.807) is 17.4 Å². The van der Waals surface area contributed by atoms with E-state index in [2.05, 4.69) is 10.3 Å². The van der Waals surface area contributed by atoms with E-state index in [-0.39, 0.29) is 17.2 Å². The van der Waals surface area contributed by atoms with Crippen LogP contribution in [0.2, 0.25) is 0 Å². The number of nitrogens with zero attached hydrogens (tertiary/aromatic N) is 2. The number of hydrogen-bond acceptors (Lipinski definition) is 6. The van der Waals surface area contributed by atoms with Gasteiger partial charge in [-0.05, 0) is 43.2 Å². The fourth-order valence-corrected chi connectivity index (χ4v) is 6.17. The van der Waals surface area contributed by atoms with E-state index in [1.807, 2.05) is 24.3 Å². The number of aryl methyl sites for hydroxylation is 1. The first kappa shape index (κ1) is 21.7. The maximum atomic E-state index is 13.0. The second kappa shape index (κ2) is 9.33. The number of sulfonamides is 1. The quantitative estimate of drug-likeness (QED) is 0.576. The molecule has 7 nitrogen and oxygen atoms in total. The van der Waals surface area contributed by atoms with Gasteiger partial charge in [-0.1, -0.05) is 18.6 Å². The second-order valence-electron chi connectivity index (χ2n) is 7.45. The Kier molecular flexibility index (Phi) is 6.54. The molecule has 2 heterocycles. The lowest BCUT2D eigenvalue weighted by atomic mass is 10.2. The fraction of sp³-hybridized carbons (Fsp3) is 0.364. The molecule has 164 valence electrons.